The molecule has 1 atom stereocenters. The molecule has 1 amide bonds. The Balaban J connectivity index is 1.18. The third kappa shape index (κ3) is 3.95. The number of amides is 1. The molecule has 0 aliphatic carbocycles. The molecule has 1 fully saturated rings. The van der Waals surface area contributed by atoms with Crippen LogP contribution >= 0.6 is 22.7 Å². The summed E-state index contributed by atoms with van der Waals surface area (Å²) in [6.07, 6.45) is 0.366. The van der Waals surface area contributed by atoms with Crippen molar-refractivity contribution in [3.8, 4) is 32.5 Å². The largest absolute Gasteiger partial charge is 0.339 e. The first-order valence-electron chi connectivity index (χ1n) is 11.0. The highest BCUT2D eigenvalue weighted by Gasteiger charge is 2.35. The molecule has 0 N–H and O–H groups in total. The minimum atomic E-state index is -0.109. The van der Waals surface area contributed by atoms with Gasteiger partial charge in [-0.15, -0.1) is 22.7 Å². The zero-order chi connectivity index (χ0) is 23.1. The SMILES string of the molecule is Cc1ccc(-c2nc(-c3ccc(-c4noc([C@H]5CC(=O)N(c6ccccc6)C5)n4)cc3)cs2)s1. The summed E-state index contributed by atoms with van der Waals surface area (Å²) in [5.74, 6) is 0.990. The maximum atomic E-state index is 12.5. The molecule has 0 bridgehead atoms. The number of thiophene rings is 1. The molecule has 1 aliphatic heterocycles. The van der Waals surface area contributed by atoms with Crippen molar-refractivity contribution in [3.05, 3.63) is 82.9 Å². The number of aromatic nitrogens is 3. The highest BCUT2D eigenvalue weighted by molar-refractivity contribution is 7.21. The minimum absolute atomic E-state index is 0.0700. The van der Waals surface area contributed by atoms with Gasteiger partial charge in [0.15, 0.2) is 0 Å². The van der Waals surface area contributed by atoms with Crippen LogP contribution in [-0.2, 0) is 4.79 Å². The summed E-state index contributed by atoms with van der Waals surface area (Å²) in [5.41, 5.74) is 3.76. The zero-order valence-electron chi connectivity index (χ0n) is 18.3. The Morgan fingerprint density at radius 3 is 2.53 bits per heavy atom. The molecule has 6 nitrogen and oxygen atoms in total. The maximum Gasteiger partial charge on any atom is 0.232 e. The van der Waals surface area contributed by atoms with E-state index in [1.54, 1.807) is 27.6 Å². The Morgan fingerprint density at radius 1 is 0.971 bits per heavy atom. The summed E-state index contributed by atoms with van der Waals surface area (Å²) in [6.45, 7) is 2.65. The number of hydrogen-bond donors (Lipinski definition) is 0. The van der Waals surface area contributed by atoms with Crippen LogP contribution < -0.4 is 4.90 Å². The lowest BCUT2D eigenvalue weighted by Gasteiger charge is -2.15. The van der Waals surface area contributed by atoms with Crippen LogP contribution in [0, 0.1) is 6.92 Å². The van der Waals surface area contributed by atoms with E-state index in [9.17, 15) is 4.79 Å². The lowest BCUT2D eigenvalue weighted by Crippen LogP contribution is -2.24. The maximum absolute atomic E-state index is 12.5. The second-order valence-electron chi connectivity index (χ2n) is 8.22. The highest BCUT2D eigenvalue weighted by Crippen LogP contribution is 2.34. The third-order valence-corrected chi connectivity index (χ3v) is 7.89. The fourth-order valence-corrected chi connectivity index (χ4v) is 5.88. The fraction of sp³-hybridized carbons (Fsp3) is 0.154. The molecule has 1 aliphatic rings. The van der Waals surface area contributed by atoms with E-state index in [1.165, 1.54) is 9.75 Å². The third-order valence-electron chi connectivity index (χ3n) is 5.88. The molecular formula is C26H20N4O2S2. The average molecular weight is 485 g/mol. The van der Waals surface area contributed by atoms with Gasteiger partial charge in [0.1, 0.15) is 5.01 Å². The highest BCUT2D eigenvalue weighted by atomic mass is 32.1. The smallest absolute Gasteiger partial charge is 0.232 e. The standard InChI is InChI=1S/C26H20N4O2S2/c1-16-7-12-22(34-16)26-27-21(15-33-26)17-8-10-18(11-9-17)24-28-25(32-29-24)19-13-23(31)30(14-19)20-5-3-2-4-6-20/h2-12,15,19H,13-14H2,1H3/t19-/m0/s1. The van der Waals surface area contributed by atoms with Crippen LogP contribution in [-0.4, -0.2) is 27.6 Å². The number of thiazole rings is 1. The van der Waals surface area contributed by atoms with Gasteiger partial charge in [0, 0.05) is 40.0 Å². The summed E-state index contributed by atoms with van der Waals surface area (Å²) in [6, 6.07) is 21.9. The molecule has 0 unspecified atom stereocenters. The topological polar surface area (TPSA) is 72.1 Å². The second-order valence-corrected chi connectivity index (χ2v) is 10.4. The Morgan fingerprint density at radius 2 is 1.76 bits per heavy atom. The van der Waals surface area contributed by atoms with Gasteiger partial charge in [0.05, 0.1) is 16.5 Å². The number of para-hydroxylation sites is 1. The number of aryl methyl sites for hydroxylation is 1. The van der Waals surface area contributed by atoms with E-state index in [-0.39, 0.29) is 11.8 Å². The number of hydrogen-bond acceptors (Lipinski definition) is 7. The van der Waals surface area contributed by atoms with Gasteiger partial charge in [0.25, 0.3) is 0 Å². The van der Waals surface area contributed by atoms with Crippen molar-refractivity contribution in [1.29, 1.82) is 0 Å². The molecule has 1 saturated heterocycles. The van der Waals surface area contributed by atoms with Gasteiger partial charge >= 0.3 is 0 Å². The molecule has 0 spiro atoms. The van der Waals surface area contributed by atoms with E-state index in [0.717, 1.165) is 27.5 Å². The monoisotopic (exact) mass is 484 g/mol. The van der Waals surface area contributed by atoms with Crippen molar-refractivity contribution in [2.75, 3.05) is 11.4 Å². The summed E-state index contributed by atoms with van der Waals surface area (Å²) in [4.78, 5) is 26.2. The van der Waals surface area contributed by atoms with E-state index in [4.69, 9.17) is 9.51 Å². The van der Waals surface area contributed by atoms with Crippen LogP contribution in [0.25, 0.3) is 32.5 Å². The molecule has 0 saturated carbocycles. The van der Waals surface area contributed by atoms with Crippen LogP contribution in [0.4, 0.5) is 5.69 Å². The molecule has 34 heavy (non-hydrogen) atoms. The van der Waals surface area contributed by atoms with E-state index >= 15 is 0 Å². The molecule has 8 heteroatoms. The lowest BCUT2D eigenvalue weighted by atomic mass is 10.1. The van der Waals surface area contributed by atoms with E-state index in [2.05, 4.69) is 34.6 Å². The van der Waals surface area contributed by atoms with Crippen LogP contribution in [0.5, 0.6) is 0 Å². The predicted molar refractivity (Wildman–Crippen MR) is 135 cm³/mol. The average Bonchev–Trinajstić information content (AvgIpc) is 3.66. The van der Waals surface area contributed by atoms with Gasteiger partial charge in [-0.25, -0.2) is 4.98 Å². The van der Waals surface area contributed by atoms with Gasteiger partial charge in [-0.2, -0.15) is 4.98 Å². The minimum Gasteiger partial charge on any atom is -0.339 e. The van der Waals surface area contributed by atoms with Gasteiger partial charge in [0.2, 0.25) is 17.6 Å². The number of benzene rings is 2. The van der Waals surface area contributed by atoms with E-state index < -0.39 is 0 Å². The van der Waals surface area contributed by atoms with Crippen LogP contribution in [0.3, 0.4) is 0 Å². The van der Waals surface area contributed by atoms with Gasteiger partial charge in [-0.3, -0.25) is 4.79 Å². The number of carbonyl (C=O) groups excluding carboxylic acids is 1. The molecule has 4 heterocycles. The first kappa shape index (κ1) is 20.9. The zero-order valence-corrected chi connectivity index (χ0v) is 20.0. The summed E-state index contributed by atoms with van der Waals surface area (Å²) in [5, 5.41) is 7.30. The number of anilines is 1. The van der Waals surface area contributed by atoms with E-state index in [0.29, 0.717) is 24.7 Å². The first-order valence-corrected chi connectivity index (χ1v) is 12.7. The van der Waals surface area contributed by atoms with Crippen molar-refractivity contribution >= 4 is 34.3 Å². The molecule has 0 radical (unpaired) electrons. The van der Waals surface area contributed by atoms with Gasteiger partial charge in [-0.05, 0) is 31.2 Å². The van der Waals surface area contributed by atoms with Crippen LogP contribution in [0.15, 0.2) is 76.6 Å². The van der Waals surface area contributed by atoms with Gasteiger partial charge < -0.3 is 9.42 Å². The van der Waals surface area contributed by atoms with Crippen molar-refractivity contribution in [2.24, 2.45) is 0 Å². The molecule has 6 rings (SSSR count). The van der Waals surface area contributed by atoms with Crippen LogP contribution in [0.1, 0.15) is 23.1 Å². The Bertz CT molecular complexity index is 1450. The Hall–Kier alpha value is -3.62. The second kappa shape index (κ2) is 8.62. The lowest BCUT2D eigenvalue weighted by molar-refractivity contribution is -0.117. The summed E-state index contributed by atoms with van der Waals surface area (Å²) >= 11 is 3.41. The molecule has 3 aromatic heterocycles. The normalized spacial score (nSPS) is 15.9. The first-order chi connectivity index (χ1) is 16.6. The fourth-order valence-electron chi connectivity index (χ4n) is 4.11. The van der Waals surface area contributed by atoms with Gasteiger partial charge in [-0.1, -0.05) is 47.6 Å². The quantitative estimate of drug-likeness (QED) is 0.288. The predicted octanol–water partition coefficient (Wildman–Crippen LogP) is 6.42. The van der Waals surface area contributed by atoms with Crippen LogP contribution in [0.2, 0.25) is 0 Å². The number of carbonyl (C=O) groups is 1. The van der Waals surface area contributed by atoms with Crippen molar-refractivity contribution in [1.82, 2.24) is 15.1 Å². The Kier molecular flexibility index (Phi) is 5.31. The molecule has 5 aromatic rings. The van der Waals surface area contributed by atoms with Crippen molar-refractivity contribution in [3.63, 3.8) is 0 Å². The van der Waals surface area contributed by atoms with Crippen molar-refractivity contribution < 1.29 is 9.32 Å². The number of nitrogens with zero attached hydrogens (tertiary/aromatic N) is 4. The Labute approximate surface area is 204 Å². The van der Waals surface area contributed by atoms with Crippen molar-refractivity contribution in [2.45, 2.75) is 19.3 Å². The van der Waals surface area contributed by atoms with E-state index in [1.807, 2.05) is 54.6 Å². The molecular weight excluding hydrogens is 464 g/mol. The molecule has 2 aromatic carbocycles. The summed E-state index contributed by atoms with van der Waals surface area (Å²) in [7, 11) is 0. The molecule has 168 valence electrons. The number of rotatable bonds is 5. The summed E-state index contributed by atoms with van der Waals surface area (Å²) < 4.78 is 5.56.